The molecule has 0 bridgehead atoms. The number of ketones is 1. The predicted molar refractivity (Wildman–Crippen MR) is 467 cm³/mol. The third-order valence-corrected chi connectivity index (χ3v) is 19.6. The smallest absolute Gasteiger partial charge is 0.349 e. The van der Waals surface area contributed by atoms with E-state index in [9.17, 15) is 105 Å². The Bertz CT molecular complexity index is 6190. The van der Waals surface area contributed by atoms with E-state index in [1.165, 1.54) is 67.6 Å². The van der Waals surface area contributed by atoms with Crippen molar-refractivity contribution in [3.8, 4) is 0 Å². The Hall–Kier alpha value is -16.8. The molecule has 0 aliphatic carbocycles. The second kappa shape index (κ2) is 48.4. The van der Waals surface area contributed by atoms with E-state index in [1.807, 2.05) is 0 Å². The van der Waals surface area contributed by atoms with Crippen molar-refractivity contribution in [2.24, 2.45) is 11.7 Å². The minimum Gasteiger partial charge on any atom is -0.383 e. The molecule has 8 rings (SSSR count). The van der Waals surface area contributed by atoms with Gasteiger partial charge in [0.1, 0.15) is 80.9 Å². The Labute approximate surface area is 750 Å². The van der Waals surface area contributed by atoms with Crippen LogP contribution >= 0.6 is 0 Å². The number of imidazole rings is 1. The molecule has 712 valence electrons. The number of carbonyl (C=O) groups excluding carboxylic acids is 14. The number of H-pyrrole nitrogens is 2. The molecule has 0 unspecified atom stereocenters. The maximum atomic E-state index is 14.3. The Morgan fingerprint density at radius 1 is 0.353 bits per heavy atom. The van der Waals surface area contributed by atoms with E-state index in [0.29, 0.717) is 0 Å². The van der Waals surface area contributed by atoms with Crippen LogP contribution in [0.3, 0.4) is 0 Å². The fraction of sp³-hybridized carbons (Fsp3) is 0.434. The van der Waals surface area contributed by atoms with Gasteiger partial charge < -0.3 is 105 Å². The highest BCUT2D eigenvalue weighted by molar-refractivity contribution is 5.91. The van der Waals surface area contributed by atoms with Gasteiger partial charge in [0.25, 0.3) is 11.1 Å². The summed E-state index contributed by atoms with van der Waals surface area (Å²) in [4.78, 5) is 332. The Kier molecular flexibility index (Phi) is 36.9. The molecule has 8 aromatic rings. The van der Waals surface area contributed by atoms with Gasteiger partial charge in [0.2, 0.25) is 76.8 Å². The molecule has 8 heterocycles. The van der Waals surface area contributed by atoms with Crippen molar-refractivity contribution in [1.82, 2.24) is 143 Å². The third kappa shape index (κ3) is 31.3. The highest BCUT2D eigenvalue weighted by Gasteiger charge is 2.29. The zero-order valence-corrected chi connectivity index (χ0v) is 72.6. The summed E-state index contributed by atoms with van der Waals surface area (Å²) in [5, 5.41) is 15.3. The summed E-state index contributed by atoms with van der Waals surface area (Å²) in [5.74, 6) is -12.7. The topological polar surface area (TPSA) is 783 Å². The van der Waals surface area contributed by atoms with Crippen LogP contribution in [0.4, 0.5) is 29.1 Å². The number of anilines is 5. The molecule has 0 radical (unpaired) electrons. The molecule has 0 aliphatic heterocycles. The highest BCUT2D eigenvalue weighted by Crippen LogP contribution is 2.15. The summed E-state index contributed by atoms with van der Waals surface area (Å²) in [5.41, 5.74) is 27.6. The summed E-state index contributed by atoms with van der Waals surface area (Å²) in [6.07, 6.45) is 9.29. The van der Waals surface area contributed by atoms with Crippen molar-refractivity contribution in [3.05, 3.63) is 169 Å². The minimum absolute atomic E-state index is 0.00842. The van der Waals surface area contributed by atoms with E-state index >= 15 is 0 Å². The fourth-order valence-corrected chi connectivity index (χ4v) is 12.4. The van der Waals surface area contributed by atoms with Crippen LogP contribution < -0.4 is 112 Å². The van der Waals surface area contributed by atoms with Crippen molar-refractivity contribution >= 4 is 123 Å². The maximum Gasteiger partial charge on any atom is 0.349 e. The number of fused-ring (bicyclic) bond motifs is 1. The maximum absolute atomic E-state index is 14.3. The number of rotatable bonds is 49. The van der Waals surface area contributed by atoms with Crippen LogP contribution in [0.15, 0.2) is 112 Å². The van der Waals surface area contributed by atoms with Gasteiger partial charge in [-0.25, -0.2) is 43.7 Å². The van der Waals surface area contributed by atoms with Crippen molar-refractivity contribution in [1.29, 1.82) is 0 Å². The molecule has 57 heteroatoms. The van der Waals surface area contributed by atoms with Gasteiger partial charge in [-0.1, -0.05) is 13.8 Å². The van der Waals surface area contributed by atoms with E-state index < -0.39 is 278 Å². The normalized spacial score (nSPS) is 11.0. The summed E-state index contributed by atoms with van der Waals surface area (Å²) < 4.78 is 6.62. The van der Waals surface area contributed by atoms with Crippen LogP contribution in [0, 0.1) is 19.8 Å². The molecule has 13 amide bonds. The van der Waals surface area contributed by atoms with Gasteiger partial charge in [-0.2, -0.15) is 19.9 Å². The lowest BCUT2D eigenvalue weighted by molar-refractivity contribution is -0.138. The number of hydrogen-bond donors (Lipinski definition) is 14. The monoisotopic (exact) mass is 1860 g/mol. The molecule has 0 fully saturated rings. The quantitative estimate of drug-likeness (QED) is 0.0168. The van der Waals surface area contributed by atoms with Crippen LogP contribution in [0.25, 0.3) is 11.2 Å². The van der Waals surface area contributed by atoms with Gasteiger partial charge in [0, 0.05) is 146 Å². The van der Waals surface area contributed by atoms with Crippen molar-refractivity contribution in [3.63, 3.8) is 0 Å². The number of aromatic amines is 2. The number of aromatic nitrogens is 16. The largest absolute Gasteiger partial charge is 0.383 e. The Balaban J connectivity index is 0.931. The number of nitrogens with zero attached hydrogens (tertiary/aromatic N) is 21. The van der Waals surface area contributed by atoms with Gasteiger partial charge in [-0.05, 0) is 38.1 Å². The van der Waals surface area contributed by atoms with Crippen molar-refractivity contribution < 1.29 is 67.1 Å². The summed E-state index contributed by atoms with van der Waals surface area (Å²) >= 11 is 0. The first-order chi connectivity index (χ1) is 63.1. The van der Waals surface area contributed by atoms with Gasteiger partial charge >= 0.3 is 34.1 Å². The number of carbonyl (C=O) groups is 14. The zero-order chi connectivity index (χ0) is 97.4. The van der Waals surface area contributed by atoms with Crippen LogP contribution in [-0.2, 0) is 113 Å². The molecule has 20 N–H and O–H groups in total. The number of nitrogen functional groups attached to an aromatic ring is 5. The Morgan fingerprint density at radius 3 is 0.872 bits per heavy atom. The molecule has 8 aromatic heterocycles. The molecular weight excluding hydrogens is 1760 g/mol. The standard InChI is InChI=1S/C76H101N35O22/c1-45(2)48(112)29-99(63(123)40-109-27-46(3)69(126)96-75(109)132)21-10-83-58(118)35-104(65(125)42-111-44-91-66-67(82)89-43-90-68(66)111)26-15-88-57(117)34-103(64(124)41-110-28-47(4)70(127)97-76(110)133)25-14-87-56(116)33-102(62(122)39-108-19-8-52(81)95-74(108)131)24-13-86-55(115)32-101(61(121)38-107-18-7-51(80)94-73(107)130)23-12-85-54(114)31-100(60(120)37-106-17-6-50(79)93-72(106)129)22-11-84-53(113)30-98(20-9-77)59(119)36-105-16-5-49(78)92-71(105)128/h5-8,16-19,27-28,43-45H,9-15,20-26,29-42,77H2,1-4H3,(H,83,118)(H,84,113)(H,85,114)(H,86,115)(H,87,116)(H,88,117)(H2,78,92,128)(H2,79,93,129)(H2,80,94,130)(H2,81,95,131)(H2,82,89,90)(H,96,126,132)(H,97,127,133). The van der Waals surface area contributed by atoms with Gasteiger partial charge in [0.15, 0.2) is 17.2 Å². The molecule has 0 aliphatic rings. The lowest BCUT2D eigenvalue weighted by Gasteiger charge is -2.26. The minimum atomic E-state index is -1.02. The second-order valence-corrected chi connectivity index (χ2v) is 30.0. The van der Waals surface area contributed by atoms with Gasteiger partial charge in [-0.3, -0.25) is 114 Å². The highest BCUT2D eigenvalue weighted by atomic mass is 16.2. The number of Topliss-reactive ketones (excluding diaryl/α,β-unsaturated/α-hetero) is 1. The molecule has 0 saturated heterocycles. The van der Waals surface area contributed by atoms with E-state index in [-0.39, 0.29) is 89.9 Å². The first-order valence-corrected chi connectivity index (χ1v) is 40.7. The van der Waals surface area contributed by atoms with Crippen LogP contribution in [0.2, 0.25) is 0 Å². The number of hydrogen-bond acceptors (Lipinski definition) is 35. The van der Waals surface area contributed by atoms with Gasteiger partial charge in [-0.15, -0.1) is 0 Å². The second-order valence-electron chi connectivity index (χ2n) is 30.0. The lowest BCUT2D eigenvalue weighted by atomic mass is 10.1. The summed E-state index contributed by atoms with van der Waals surface area (Å²) in [6, 6.07) is 4.91. The predicted octanol–water partition coefficient (Wildman–Crippen LogP) is -13.8. The van der Waals surface area contributed by atoms with E-state index in [2.05, 4.69) is 76.8 Å². The average molecular weight is 1860 g/mol. The Morgan fingerprint density at radius 2 is 0.609 bits per heavy atom. The molecule has 0 atom stereocenters. The molecule has 0 saturated carbocycles. The fourth-order valence-electron chi connectivity index (χ4n) is 12.4. The number of aryl methyl sites for hydroxylation is 2. The van der Waals surface area contributed by atoms with Crippen LogP contribution in [0.1, 0.15) is 25.0 Å². The van der Waals surface area contributed by atoms with E-state index in [1.54, 1.807) is 13.8 Å². The lowest BCUT2D eigenvalue weighted by Crippen LogP contribution is -2.50. The van der Waals surface area contributed by atoms with Crippen LogP contribution in [-0.4, -0.2) is 331 Å². The summed E-state index contributed by atoms with van der Waals surface area (Å²) in [7, 11) is 0. The SMILES string of the molecule is Cc1cn(CC(=O)N(CCNC(=O)CN(CCNC(=O)CN(CCNC(=O)CN(CCNC(=O)CN(CCN)C(=O)Cn2ccc(N)nc2=O)C(=O)Cn2ccc(N)nc2=O)C(=O)Cn2ccc(N)nc2=O)C(=O)Cn2ccc(N)nc2=O)CC(=O)NCCN(CC(=O)NCCN(CC(=O)C(C)C)C(=O)Cn2cc(C)c(=O)[nH]c2=O)C(=O)Cn2cnc3c(N)ncnc32)c(=O)[nH]c1=O. The van der Waals surface area contributed by atoms with E-state index in [0.717, 1.165) is 86.6 Å². The molecule has 0 spiro atoms. The summed E-state index contributed by atoms with van der Waals surface area (Å²) in [6.45, 7) is -9.12. The van der Waals surface area contributed by atoms with Crippen LogP contribution in [0.5, 0.6) is 0 Å². The average Bonchev–Trinajstić information content (AvgIpc) is 1.64. The van der Waals surface area contributed by atoms with Crippen molar-refractivity contribution in [2.75, 3.05) is 166 Å². The zero-order valence-electron chi connectivity index (χ0n) is 72.6. The van der Waals surface area contributed by atoms with E-state index in [4.69, 9.17) is 34.4 Å². The molecular formula is C76H101N35O22. The third-order valence-electron chi connectivity index (χ3n) is 19.6. The first kappa shape index (κ1) is 102. The molecule has 133 heavy (non-hydrogen) atoms. The number of nitrogens with two attached hydrogens (primary N) is 6. The van der Waals surface area contributed by atoms with Gasteiger partial charge in [0.05, 0.1) is 52.1 Å². The molecule has 0 aromatic carbocycles. The molecule has 57 nitrogen and oxygen atoms in total. The number of nitrogens with one attached hydrogen (secondary N) is 8. The first-order valence-electron chi connectivity index (χ1n) is 40.7. The number of amides is 13. The van der Waals surface area contributed by atoms with Crippen molar-refractivity contribution in [2.45, 2.75) is 73.5 Å².